The van der Waals surface area contributed by atoms with E-state index >= 15 is 0 Å². The molecule has 2 rings (SSSR count). The van der Waals surface area contributed by atoms with Crippen LogP contribution in [0.3, 0.4) is 0 Å². The summed E-state index contributed by atoms with van der Waals surface area (Å²) in [5.41, 5.74) is 8.28. The molecule has 2 aromatic rings. The minimum Gasteiger partial charge on any atom is -0.465 e. The van der Waals surface area contributed by atoms with Crippen LogP contribution in [0.1, 0.15) is 15.9 Å². The zero-order chi connectivity index (χ0) is 11.7. The van der Waals surface area contributed by atoms with Crippen LogP contribution < -0.4 is 5.73 Å². The van der Waals surface area contributed by atoms with Gasteiger partial charge in [-0.3, -0.25) is 4.98 Å². The number of hydrogen-bond donors (Lipinski definition) is 1. The van der Waals surface area contributed by atoms with Gasteiger partial charge in [-0.1, -0.05) is 12.1 Å². The predicted molar refractivity (Wildman–Crippen MR) is 62.2 cm³/mol. The minimum atomic E-state index is -0.436. The number of nitrogens with zero attached hydrogens (tertiary/aromatic N) is 1. The van der Waals surface area contributed by atoms with Gasteiger partial charge in [-0.2, -0.15) is 0 Å². The van der Waals surface area contributed by atoms with Crippen molar-refractivity contribution in [2.24, 2.45) is 0 Å². The third kappa shape index (κ3) is 1.58. The van der Waals surface area contributed by atoms with E-state index in [1.54, 1.807) is 0 Å². The summed E-state index contributed by atoms with van der Waals surface area (Å²) in [6, 6.07) is 5.65. The van der Waals surface area contributed by atoms with Gasteiger partial charge in [-0.25, -0.2) is 4.79 Å². The van der Waals surface area contributed by atoms with Gasteiger partial charge < -0.3 is 10.5 Å². The second-order valence-corrected chi connectivity index (χ2v) is 3.60. The van der Waals surface area contributed by atoms with E-state index in [4.69, 9.17) is 10.5 Å². The maximum atomic E-state index is 11.6. The first-order valence-corrected chi connectivity index (χ1v) is 4.86. The van der Waals surface area contributed by atoms with E-state index in [-0.39, 0.29) is 0 Å². The van der Waals surface area contributed by atoms with E-state index in [0.717, 1.165) is 16.5 Å². The van der Waals surface area contributed by atoms with Crippen LogP contribution in [0.15, 0.2) is 24.4 Å². The molecule has 0 bridgehead atoms. The van der Waals surface area contributed by atoms with Crippen molar-refractivity contribution in [3.63, 3.8) is 0 Å². The van der Waals surface area contributed by atoms with Crippen LogP contribution >= 0.6 is 0 Å². The fourth-order valence-electron chi connectivity index (χ4n) is 1.65. The van der Waals surface area contributed by atoms with Crippen molar-refractivity contribution >= 4 is 22.6 Å². The van der Waals surface area contributed by atoms with E-state index in [2.05, 4.69) is 4.98 Å². The highest BCUT2D eigenvalue weighted by atomic mass is 16.5. The highest BCUT2D eigenvalue weighted by molar-refractivity contribution is 6.07. The molecule has 0 radical (unpaired) electrons. The first-order valence-electron chi connectivity index (χ1n) is 4.86. The number of anilines is 1. The summed E-state index contributed by atoms with van der Waals surface area (Å²) in [6.45, 7) is 1.97. The number of pyridine rings is 1. The highest BCUT2D eigenvalue weighted by Gasteiger charge is 2.14. The summed E-state index contributed by atoms with van der Waals surface area (Å²) in [7, 11) is 1.34. The van der Waals surface area contributed by atoms with Gasteiger partial charge in [0.1, 0.15) is 0 Å². The van der Waals surface area contributed by atoms with E-state index in [1.807, 2.05) is 25.1 Å². The Labute approximate surface area is 93.0 Å². The third-order valence-corrected chi connectivity index (χ3v) is 2.44. The van der Waals surface area contributed by atoms with E-state index in [9.17, 15) is 4.79 Å². The molecule has 0 aliphatic carbocycles. The SMILES string of the molecule is COC(=O)c1c(N)cnc2cc(C)ccc12. The largest absolute Gasteiger partial charge is 0.465 e. The zero-order valence-corrected chi connectivity index (χ0v) is 9.15. The van der Waals surface area contributed by atoms with Crippen LogP contribution in [0.25, 0.3) is 10.9 Å². The highest BCUT2D eigenvalue weighted by Crippen LogP contribution is 2.23. The molecule has 16 heavy (non-hydrogen) atoms. The number of carbonyl (C=O) groups excluding carboxylic acids is 1. The van der Waals surface area contributed by atoms with Gasteiger partial charge in [0, 0.05) is 5.39 Å². The number of methoxy groups -OCH3 is 1. The molecule has 4 nitrogen and oxygen atoms in total. The predicted octanol–water partition coefficient (Wildman–Crippen LogP) is 1.91. The average molecular weight is 216 g/mol. The number of nitrogen functional groups attached to an aromatic ring is 1. The number of fused-ring (bicyclic) bond motifs is 1. The summed E-state index contributed by atoms with van der Waals surface area (Å²) in [4.78, 5) is 15.8. The number of rotatable bonds is 1. The second kappa shape index (κ2) is 3.81. The lowest BCUT2D eigenvalue weighted by Gasteiger charge is -2.07. The summed E-state index contributed by atoms with van der Waals surface area (Å²) in [6.07, 6.45) is 1.48. The van der Waals surface area contributed by atoms with Crippen molar-refractivity contribution in [2.75, 3.05) is 12.8 Å². The van der Waals surface area contributed by atoms with Crippen molar-refractivity contribution < 1.29 is 9.53 Å². The number of benzene rings is 1. The maximum absolute atomic E-state index is 11.6. The Balaban J connectivity index is 2.79. The number of ether oxygens (including phenoxy) is 1. The Morgan fingerprint density at radius 3 is 2.88 bits per heavy atom. The Kier molecular flexibility index (Phi) is 2.48. The second-order valence-electron chi connectivity index (χ2n) is 3.60. The molecule has 82 valence electrons. The number of hydrogen-bond acceptors (Lipinski definition) is 4. The molecule has 0 fully saturated rings. The minimum absolute atomic E-state index is 0.336. The summed E-state index contributed by atoms with van der Waals surface area (Å²) in [5.74, 6) is -0.436. The first kappa shape index (κ1) is 10.4. The van der Waals surface area contributed by atoms with Crippen LogP contribution in [0.4, 0.5) is 5.69 Å². The number of esters is 1. The number of aryl methyl sites for hydroxylation is 1. The van der Waals surface area contributed by atoms with E-state index in [1.165, 1.54) is 13.3 Å². The van der Waals surface area contributed by atoms with Crippen molar-refractivity contribution in [3.8, 4) is 0 Å². The molecule has 2 N–H and O–H groups in total. The molecule has 0 spiro atoms. The van der Waals surface area contributed by atoms with Crippen LogP contribution in [-0.2, 0) is 4.74 Å². The first-order chi connectivity index (χ1) is 7.63. The molecule has 0 amide bonds. The smallest absolute Gasteiger partial charge is 0.340 e. The zero-order valence-electron chi connectivity index (χ0n) is 9.15. The van der Waals surface area contributed by atoms with Gasteiger partial charge >= 0.3 is 5.97 Å². The van der Waals surface area contributed by atoms with Crippen LogP contribution in [-0.4, -0.2) is 18.1 Å². The monoisotopic (exact) mass is 216 g/mol. The Morgan fingerprint density at radius 1 is 1.44 bits per heavy atom. The van der Waals surface area contributed by atoms with Gasteiger partial charge in [-0.05, 0) is 18.6 Å². The lowest BCUT2D eigenvalue weighted by molar-refractivity contribution is 0.0604. The fraction of sp³-hybridized carbons (Fsp3) is 0.167. The summed E-state index contributed by atoms with van der Waals surface area (Å²) in [5, 5.41) is 0.720. The van der Waals surface area contributed by atoms with Gasteiger partial charge in [-0.15, -0.1) is 0 Å². The Hall–Kier alpha value is -2.10. The summed E-state index contributed by atoms with van der Waals surface area (Å²) < 4.78 is 4.71. The van der Waals surface area contributed by atoms with E-state index in [0.29, 0.717) is 11.3 Å². The number of carbonyl (C=O) groups is 1. The van der Waals surface area contributed by atoms with Crippen molar-refractivity contribution in [3.05, 3.63) is 35.5 Å². The molecule has 1 heterocycles. The molecule has 0 unspecified atom stereocenters. The standard InChI is InChI=1S/C12H12N2O2/c1-7-3-4-8-10(5-7)14-6-9(13)11(8)12(15)16-2/h3-6H,13H2,1-2H3. The topological polar surface area (TPSA) is 65.2 Å². The van der Waals surface area contributed by atoms with Crippen molar-refractivity contribution in [1.29, 1.82) is 0 Å². The van der Waals surface area contributed by atoms with Gasteiger partial charge in [0.2, 0.25) is 0 Å². The molecule has 1 aromatic heterocycles. The van der Waals surface area contributed by atoms with Gasteiger partial charge in [0.05, 0.1) is 30.1 Å². The molecule has 0 aliphatic rings. The van der Waals surface area contributed by atoms with Crippen molar-refractivity contribution in [2.45, 2.75) is 6.92 Å². The molecule has 0 atom stereocenters. The van der Waals surface area contributed by atoms with Crippen LogP contribution in [0.2, 0.25) is 0 Å². The average Bonchev–Trinajstić information content (AvgIpc) is 2.28. The summed E-state index contributed by atoms with van der Waals surface area (Å²) >= 11 is 0. The van der Waals surface area contributed by atoms with Crippen molar-refractivity contribution in [1.82, 2.24) is 4.98 Å². The van der Waals surface area contributed by atoms with Gasteiger partial charge in [0.25, 0.3) is 0 Å². The lowest BCUT2D eigenvalue weighted by Crippen LogP contribution is -2.07. The molecule has 1 aromatic carbocycles. The number of nitrogens with two attached hydrogens (primary N) is 1. The Morgan fingerprint density at radius 2 is 2.19 bits per heavy atom. The molecule has 0 aliphatic heterocycles. The van der Waals surface area contributed by atoms with Crippen LogP contribution in [0.5, 0.6) is 0 Å². The van der Waals surface area contributed by atoms with Crippen LogP contribution in [0, 0.1) is 6.92 Å². The molecule has 0 saturated heterocycles. The van der Waals surface area contributed by atoms with Gasteiger partial charge in [0.15, 0.2) is 0 Å². The third-order valence-electron chi connectivity index (χ3n) is 2.44. The van der Waals surface area contributed by atoms with E-state index < -0.39 is 5.97 Å². The Bertz CT molecular complexity index is 564. The molecular weight excluding hydrogens is 204 g/mol. The lowest BCUT2D eigenvalue weighted by atomic mass is 10.1. The maximum Gasteiger partial charge on any atom is 0.340 e. The molecule has 4 heteroatoms. The molecular formula is C12H12N2O2. The quantitative estimate of drug-likeness (QED) is 0.739. The fourth-order valence-corrected chi connectivity index (χ4v) is 1.65. The number of aromatic nitrogens is 1. The molecule has 0 saturated carbocycles. The normalized spacial score (nSPS) is 10.4.